The van der Waals surface area contributed by atoms with E-state index in [2.05, 4.69) is 6.92 Å². The van der Waals surface area contributed by atoms with E-state index in [4.69, 9.17) is 55.9 Å². The van der Waals surface area contributed by atoms with Crippen LogP contribution >= 0.6 is 24.8 Å². The average Bonchev–Trinajstić information content (AvgIpc) is 3.70. The quantitative estimate of drug-likeness (QED) is 0.211. The van der Waals surface area contributed by atoms with E-state index in [1.807, 2.05) is 48.5 Å². The van der Waals surface area contributed by atoms with E-state index in [0.717, 1.165) is 0 Å². The summed E-state index contributed by atoms with van der Waals surface area (Å²) < 4.78 is 95.4. The van der Waals surface area contributed by atoms with Gasteiger partial charge < -0.3 is 51.6 Å². The normalized spacial score (nSPS) is 42.0. The van der Waals surface area contributed by atoms with Crippen molar-refractivity contribution in [1.29, 1.82) is 0 Å². The van der Waals surface area contributed by atoms with Crippen molar-refractivity contribution in [3.05, 3.63) is 0 Å². The third-order valence-corrected chi connectivity index (χ3v) is 12.4. The van der Waals surface area contributed by atoms with E-state index >= 15 is 0 Å². The Labute approximate surface area is 355 Å². The van der Waals surface area contributed by atoms with Crippen LogP contribution in [0.5, 0.6) is 0 Å². The molecule has 4 aliphatic rings. The minimum atomic E-state index is -2.81. The van der Waals surface area contributed by atoms with Gasteiger partial charge in [-0.3, -0.25) is 9.13 Å². The van der Waals surface area contributed by atoms with Crippen molar-refractivity contribution in [2.24, 2.45) is 23.7 Å². The number of hydrogen-bond acceptors (Lipinski definition) is 15. The van der Waals surface area contributed by atoms with Crippen molar-refractivity contribution in [1.82, 2.24) is 0 Å². The molecule has 4 fully saturated rings. The van der Waals surface area contributed by atoms with Gasteiger partial charge in [-0.2, -0.15) is 0 Å². The molecule has 4 aliphatic heterocycles. The molecule has 2 radical (unpaired) electrons. The molecule has 0 aromatic heterocycles. The Morgan fingerprint density at radius 3 is 1.22 bits per heavy atom. The summed E-state index contributed by atoms with van der Waals surface area (Å²) in [6.45, 7) is 15.6. The molecule has 0 aromatic carbocycles. The number of rotatable bonds is 16. The number of aliphatic hydroxyl groups excluding tert-OH is 1. The Morgan fingerprint density at radius 1 is 0.569 bits per heavy atom. The molecule has 21 heteroatoms. The van der Waals surface area contributed by atoms with Gasteiger partial charge >= 0.3 is 24.8 Å². The van der Waals surface area contributed by atoms with Crippen LogP contribution in [0.2, 0.25) is 0 Å². The summed E-state index contributed by atoms with van der Waals surface area (Å²) in [6, 6.07) is 0. The molecule has 4 saturated heterocycles. The van der Waals surface area contributed by atoms with Crippen LogP contribution in [0.4, 0.5) is 0 Å². The fourth-order valence-corrected chi connectivity index (χ4v) is 8.90. The van der Waals surface area contributed by atoms with E-state index in [1.165, 1.54) is 0 Å². The van der Waals surface area contributed by atoms with E-state index in [0.29, 0.717) is 0 Å². The fraction of sp³-hybridized carbons (Fsp3) is 1.00. The molecule has 16 nitrogen and oxygen atoms in total. The van der Waals surface area contributed by atoms with Crippen molar-refractivity contribution in [3.63, 3.8) is 0 Å². The molecule has 0 bridgehead atoms. The molecular weight excluding hydrogens is 887 g/mol. The molecule has 294 valence electrons. The van der Waals surface area contributed by atoms with Crippen LogP contribution in [-0.4, -0.2) is 124 Å². The maximum atomic E-state index is 12.3. The average molecular weight is 946 g/mol. The van der Waals surface area contributed by atoms with Crippen molar-refractivity contribution in [2.45, 2.75) is 129 Å². The Hall–Kier alpha value is 2.25. The molecule has 4 heterocycles. The minimum absolute atomic E-state index is 0. The van der Waals surface area contributed by atoms with Crippen LogP contribution in [0, 0.1) is 23.7 Å². The maximum Gasteiger partial charge on any atom is 0.694 e. The Kier molecular flexibility index (Phi) is 25.0. The van der Waals surface area contributed by atoms with Gasteiger partial charge in [-0.1, -0.05) is 27.7 Å². The molecule has 0 amide bonds. The molecule has 19 atom stereocenters. The number of hydrogen-bond donors (Lipinski definition) is 2. The largest absolute Gasteiger partial charge is 0.694 e. The first-order valence-corrected chi connectivity index (χ1v) is 20.4. The van der Waals surface area contributed by atoms with Crippen molar-refractivity contribution >= 4 is 24.8 Å². The van der Waals surface area contributed by atoms with Gasteiger partial charge in [-0.25, -0.2) is 0 Å². The molecule has 0 aromatic rings. The molecule has 51 heavy (non-hydrogen) atoms. The smallest absolute Gasteiger partial charge is 0.394 e. The second-order valence-electron chi connectivity index (χ2n) is 13.4. The standard InChI is InChI=1S/C15H28O9P2.C15H29O7P.2Y/c1-8-10(3)22-12(14(8)19-5)7-21-26(18)24-15-9(2)11(4)23-13(15)6-20-25(16)17;1-8-10(3)21-13(14(8)18-5)7-19-23(17)22-15-9(2)11(4)20-12(15)6-16;;/h8-15,26H,6-7H2,1-5H3;8-16,23H,6-7H2,1-5H3;;/p+1/t2*8-,9-,10+,11+,12-,13-,14?,15?;;/m11../s1. The molecular formula is C30H58O16P3Y2+. The van der Waals surface area contributed by atoms with Crippen molar-refractivity contribution < 1.29 is 140 Å². The number of ether oxygens (including phenoxy) is 6. The Bertz CT molecular complexity index is 1090. The van der Waals surface area contributed by atoms with Crippen LogP contribution < -0.4 is 0 Å². The van der Waals surface area contributed by atoms with Gasteiger partial charge in [-0.15, -0.1) is 9.42 Å². The summed E-state index contributed by atoms with van der Waals surface area (Å²) in [6.07, 6.45) is -2.91. The third-order valence-electron chi connectivity index (χ3n) is 10.3. The molecule has 0 spiro atoms. The van der Waals surface area contributed by atoms with Gasteiger partial charge in [0.05, 0.1) is 56.4 Å². The SMILES string of the molecule is COC1[C@@H](CO[PH](=O)OC2[C@@H](CO)O[C@@H](C)[C@H]2C)O[C@@H](C)[C@H]1C.COC1[C@@H](CO[PH](=O)OC2[C@@H](CO[P+](=O)O)O[C@@H](C)[C@H]2C)O[C@@H](C)[C@H]1C.[Y].[Y]. The summed E-state index contributed by atoms with van der Waals surface area (Å²) in [4.78, 5) is 8.79. The zero-order chi connectivity index (χ0) is 36.6. The predicted octanol–water partition coefficient (Wildman–Crippen LogP) is 3.93. The molecule has 4 rings (SSSR count). The van der Waals surface area contributed by atoms with Crippen LogP contribution in [0.3, 0.4) is 0 Å². The first-order valence-electron chi connectivity index (χ1n) is 16.9. The van der Waals surface area contributed by atoms with Crippen LogP contribution in [0.15, 0.2) is 0 Å². The van der Waals surface area contributed by atoms with Gasteiger partial charge in [0.1, 0.15) is 43.2 Å². The monoisotopic (exact) mass is 945 g/mol. The number of aliphatic hydroxyl groups is 1. The predicted molar refractivity (Wildman–Crippen MR) is 178 cm³/mol. The summed E-state index contributed by atoms with van der Waals surface area (Å²) >= 11 is 0. The second-order valence-corrected chi connectivity index (χ2v) is 16.1. The first kappa shape index (κ1) is 51.3. The van der Waals surface area contributed by atoms with Gasteiger partial charge in [0.2, 0.25) is 0 Å². The van der Waals surface area contributed by atoms with Gasteiger partial charge in [-0.05, 0) is 27.7 Å². The van der Waals surface area contributed by atoms with Gasteiger partial charge in [0.25, 0.3) is 0 Å². The summed E-state index contributed by atoms with van der Waals surface area (Å²) in [5.74, 6) is 0.439. The van der Waals surface area contributed by atoms with Crippen molar-refractivity contribution in [2.75, 3.05) is 40.6 Å². The summed E-state index contributed by atoms with van der Waals surface area (Å²) in [5.41, 5.74) is 0. The summed E-state index contributed by atoms with van der Waals surface area (Å²) in [7, 11) is -4.98. The molecule has 0 aliphatic carbocycles. The van der Waals surface area contributed by atoms with E-state index < -0.39 is 49.2 Å². The minimum Gasteiger partial charge on any atom is -0.394 e. The van der Waals surface area contributed by atoms with Crippen LogP contribution in [0.1, 0.15) is 55.4 Å². The molecule has 7 unspecified atom stereocenters. The fourth-order valence-electron chi connectivity index (χ4n) is 6.71. The summed E-state index contributed by atoms with van der Waals surface area (Å²) in [5, 5.41) is 9.34. The van der Waals surface area contributed by atoms with Crippen LogP contribution in [0.25, 0.3) is 0 Å². The first-order chi connectivity index (χ1) is 23.1. The van der Waals surface area contributed by atoms with E-state index in [9.17, 15) is 18.8 Å². The zero-order valence-electron chi connectivity index (χ0n) is 31.3. The zero-order valence-corrected chi connectivity index (χ0v) is 39.8. The van der Waals surface area contributed by atoms with E-state index in [1.54, 1.807) is 14.2 Å². The Balaban J connectivity index is 0.000000494. The van der Waals surface area contributed by atoms with Crippen LogP contribution in [-0.2, 0) is 130 Å². The van der Waals surface area contributed by atoms with Gasteiger partial charge in [0.15, 0.2) is 0 Å². The number of methoxy groups -OCH3 is 2. The topological polar surface area (TPSA) is 193 Å². The molecule has 0 saturated carbocycles. The molecule has 2 N–H and O–H groups in total. The van der Waals surface area contributed by atoms with Crippen molar-refractivity contribution in [3.8, 4) is 0 Å². The van der Waals surface area contributed by atoms with E-state index in [-0.39, 0.29) is 164 Å². The third kappa shape index (κ3) is 14.5. The Morgan fingerprint density at radius 2 is 0.882 bits per heavy atom. The maximum absolute atomic E-state index is 12.3. The second kappa shape index (κ2) is 24.9. The van der Waals surface area contributed by atoms with Gasteiger partial charge in [0, 0.05) is 108 Å².